The Morgan fingerprint density at radius 3 is 2.23 bits per heavy atom. The van der Waals surface area contributed by atoms with Crippen LogP contribution in [0.2, 0.25) is 5.02 Å². The van der Waals surface area contributed by atoms with Crippen LogP contribution in [0.25, 0.3) is 0 Å². The summed E-state index contributed by atoms with van der Waals surface area (Å²) in [5, 5.41) is 4.33. The molecular formula is C29H25ClFN3O4S. The summed E-state index contributed by atoms with van der Waals surface area (Å²) in [5.74, 6) is -0.411. The van der Waals surface area contributed by atoms with Crippen LogP contribution in [0, 0.1) is 5.82 Å². The third kappa shape index (κ3) is 8.22. The largest absolute Gasteiger partial charge is 0.489 e. The normalized spacial score (nSPS) is 11.6. The van der Waals surface area contributed by atoms with Gasteiger partial charge < -0.3 is 4.74 Å². The number of rotatable bonds is 11. The van der Waals surface area contributed by atoms with Gasteiger partial charge >= 0.3 is 0 Å². The van der Waals surface area contributed by atoms with Crippen LogP contribution < -0.4 is 10.2 Å². The average molecular weight is 566 g/mol. The van der Waals surface area contributed by atoms with E-state index in [0.29, 0.717) is 28.5 Å². The first-order chi connectivity index (χ1) is 18.8. The highest BCUT2D eigenvalue weighted by Gasteiger charge is 2.27. The molecule has 10 heteroatoms. The maximum Gasteiger partial charge on any atom is 0.255 e. The molecule has 0 atom stereocenters. The minimum Gasteiger partial charge on any atom is -0.489 e. The Labute approximate surface area is 231 Å². The minimum absolute atomic E-state index is 0.0279. The van der Waals surface area contributed by atoms with Gasteiger partial charge in [0.25, 0.3) is 5.91 Å². The van der Waals surface area contributed by atoms with E-state index in [4.69, 9.17) is 16.3 Å². The number of ether oxygens (including phenoxy) is 1. The number of sulfonamides is 1. The summed E-state index contributed by atoms with van der Waals surface area (Å²) in [4.78, 5) is 12.6. The van der Waals surface area contributed by atoms with Crippen LogP contribution in [0.5, 0.6) is 5.75 Å². The van der Waals surface area contributed by atoms with Crippen molar-refractivity contribution in [3.8, 4) is 5.75 Å². The molecule has 0 aromatic heterocycles. The van der Waals surface area contributed by atoms with Crippen LogP contribution in [-0.4, -0.2) is 31.4 Å². The van der Waals surface area contributed by atoms with E-state index >= 15 is 0 Å². The predicted molar refractivity (Wildman–Crippen MR) is 148 cm³/mol. The molecule has 0 spiro atoms. The van der Waals surface area contributed by atoms with Crippen molar-refractivity contribution in [3.63, 3.8) is 0 Å². The standard InChI is InChI=1S/C29H25ClFN3O4S/c30-25-10-16-28(17-11-25)39(36,37)34(19-23-6-12-26(31)13-7-23)20-29(35)33-32-18-22-8-14-27(15-9-22)38-21-24-4-2-1-3-5-24/h1-18H,19-21H2,(H,33,35)/b32-18-. The molecule has 39 heavy (non-hydrogen) atoms. The van der Waals surface area contributed by atoms with Gasteiger partial charge in [-0.15, -0.1) is 0 Å². The Bertz CT molecular complexity index is 1510. The van der Waals surface area contributed by atoms with Crippen LogP contribution in [-0.2, 0) is 28.0 Å². The summed E-state index contributed by atoms with van der Waals surface area (Å²) < 4.78 is 46.7. The van der Waals surface area contributed by atoms with Gasteiger partial charge in [-0.25, -0.2) is 18.2 Å². The number of nitrogens with one attached hydrogen (secondary N) is 1. The van der Waals surface area contributed by atoms with Gasteiger partial charge in [0.05, 0.1) is 17.7 Å². The van der Waals surface area contributed by atoms with Crippen molar-refractivity contribution >= 4 is 33.7 Å². The smallest absolute Gasteiger partial charge is 0.255 e. The molecule has 0 saturated carbocycles. The first kappa shape index (κ1) is 28.0. The van der Waals surface area contributed by atoms with Gasteiger partial charge in [0, 0.05) is 11.6 Å². The number of halogens is 2. The molecule has 0 aliphatic carbocycles. The molecule has 0 saturated heterocycles. The van der Waals surface area contributed by atoms with Crippen LogP contribution in [0.3, 0.4) is 0 Å². The highest BCUT2D eigenvalue weighted by atomic mass is 35.5. The van der Waals surface area contributed by atoms with E-state index < -0.39 is 28.3 Å². The first-order valence-corrected chi connectivity index (χ1v) is 13.7. The molecule has 7 nitrogen and oxygen atoms in total. The van der Waals surface area contributed by atoms with Crippen LogP contribution >= 0.6 is 11.6 Å². The highest BCUT2D eigenvalue weighted by molar-refractivity contribution is 7.89. The number of hydrogen-bond donors (Lipinski definition) is 1. The quantitative estimate of drug-likeness (QED) is 0.195. The lowest BCUT2D eigenvalue weighted by Crippen LogP contribution is -2.39. The van der Waals surface area contributed by atoms with Crippen LogP contribution in [0.4, 0.5) is 4.39 Å². The fraction of sp³-hybridized carbons (Fsp3) is 0.103. The lowest BCUT2D eigenvalue weighted by molar-refractivity contribution is -0.121. The molecule has 0 heterocycles. The number of carbonyl (C=O) groups excluding carboxylic acids is 1. The molecule has 0 bridgehead atoms. The third-order valence-corrected chi connectivity index (χ3v) is 7.63. The minimum atomic E-state index is -4.07. The van der Waals surface area contributed by atoms with Crippen molar-refractivity contribution in [2.24, 2.45) is 5.10 Å². The van der Waals surface area contributed by atoms with E-state index in [1.165, 1.54) is 54.7 Å². The molecule has 4 aromatic rings. The van der Waals surface area contributed by atoms with Crippen molar-refractivity contribution in [2.75, 3.05) is 6.54 Å². The Morgan fingerprint density at radius 1 is 0.897 bits per heavy atom. The molecule has 0 radical (unpaired) electrons. The molecule has 1 N–H and O–H groups in total. The predicted octanol–water partition coefficient (Wildman–Crippen LogP) is 5.40. The maximum atomic E-state index is 13.4. The molecule has 4 rings (SSSR count). The molecule has 1 amide bonds. The van der Waals surface area contributed by atoms with Crippen molar-refractivity contribution in [1.82, 2.24) is 9.73 Å². The number of hydrogen-bond acceptors (Lipinski definition) is 5. The van der Waals surface area contributed by atoms with Gasteiger partial charge in [-0.2, -0.15) is 9.41 Å². The molecule has 200 valence electrons. The highest BCUT2D eigenvalue weighted by Crippen LogP contribution is 2.21. The number of hydrazone groups is 1. The zero-order valence-electron chi connectivity index (χ0n) is 20.7. The Hall–Kier alpha value is -4.05. The van der Waals surface area contributed by atoms with E-state index in [1.807, 2.05) is 30.3 Å². The van der Waals surface area contributed by atoms with E-state index in [0.717, 1.165) is 9.87 Å². The monoisotopic (exact) mass is 565 g/mol. The number of carbonyl (C=O) groups is 1. The Balaban J connectivity index is 1.39. The lowest BCUT2D eigenvalue weighted by atomic mass is 10.2. The molecule has 0 fully saturated rings. The lowest BCUT2D eigenvalue weighted by Gasteiger charge is -2.21. The zero-order valence-corrected chi connectivity index (χ0v) is 22.3. The second-order valence-corrected chi connectivity index (χ2v) is 10.9. The summed E-state index contributed by atoms with van der Waals surface area (Å²) in [7, 11) is -4.07. The molecule has 0 unspecified atom stereocenters. The van der Waals surface area contributed by atoms with E-state index in [1.54, 1.807) is 24.3 Å². The van der Waals surface area contributed by atoms with E-state index in [9.17, 15) is 17.6 Å². The van der Waals surface area contributed by atoms with Gasteiger partial charge in [0.2, 0.25) is 10.0 Å². The first-order valence-electron chi connectivity index (χ1n) is 11.9. The molecular weight excluding hydrogens is 541 g/mol. The maximum absolute atomic E-state index is 13.4. The zero-order chi connectivity index (χ0) is 27.7. The van der Waals surface area contributed by atoms with E-state index in [2.05, 4.69) is 10.5 Å². The summed E-state index contributed by atoms with van der Waals surface area (Å²) in [6, 6.07) is 27.9. The number of benzene rings is 4. The van der Waals surface area contributed by atoms with E-state index in [-0.39, 0.29) is 11.4 Å². The molecule has 0 aliphatic rings. The van der Waals surface area contributed by atoms with Gasteiger partial charge in [-0.05, 0) is 77.4 Å². The second kappa shape index (κ2) is 13.1. The van der Waals surface area contributed by atoms with Gasteiger partial charge in [0.15, 0.2) is 0 Å². The van der Waals surface area contributed by atoms with Crippen LogP contribution in [0.1, 0.15) is 16.7 Å². The Morgan fingerprint density at radius 2 is 1.56 bits per heavy atom. The summed E-state index contributed by atoms with van der Waals surface area (Å²) in [5.41, 5.74) is 4.64. The number of nitrogens with zero attached hydrogens (tertiary/aromatic N) is 2. The SMILES string of the molecule is O=C(CN(Cc1ccc(F)cc1)S(=O)(=O)c1ccc(Cl)cc1)N/N=C\c1ccc(OCc2ccccc2)cc1. The second-order valence-electron chi connectivity index (χ2n) is 8.49. The van der Waals surface area contributed by atoms with Crippen molar-refractivity contribution < 1.29 is 22.3 Å². The summed E-state index contributed by atoms with van der Waals surface area (Å²) in [6.07, 6.45) is 1.44. The Kier molecular flexibility index (Phi) is 9.43. The third-order valence-electron chi connectivity index (χ3n) is 5.57. The average Bonchev–Trinajstić information content (AvgIpc) is 2.94. The van der Waals surface area contributed by atoms with Gasteiger partial charge in [0.1, 0.15) is 18.2 Å². The summed E-state index contributed by atoms with van der Waals surface area (Å²) >= 11 is 5.90. The van der Waals surface area contributed by atoms with Crippen molar-refractivity contribution in [3.05, 3.63) is 131 Å². The van der Waals surface area contributed by atoms with Crippen molar-refractivity contribution in [1.29, 1.82) is 0 Å². The summed E-state index contributed by atoms with van der Waals surface area (Å²) in [6.45, 7) is -0.212. The van der Waals surface area contributed by atoms with Gasteiger partial charge in [-0.1, -0.05) is 54.1 Å². The molecule has 0 aliphatic heterocycles. The fourth-order valence-electron chi connectivity index (χ4n) is 3.54. The topological polar surface area (TPSA) is 88.1 Å². The van der Waals surface area contributed by atoms with Gasteiger partial charge in [-0.3, -0.25) is 4.79 Å². The van der Waals surface area contributed by atoms with Crippen molar-refractivity contribution in [2.45, 2.75) is 18.0 Å². The number of amides is 1. The van der Waals surface area contributed by atoms with Crippen LogP contribution in [0.15, 0.2) is 113 Å². The fourth-order valence-corrected chi connectivity index (χ4v) is 5.05. The molecule has 4 aromatic carbocycles.